The van der Waals surface area contributed by atoms with E-state index in [-0.39, 0.29) is 5.91 Å². The normalized spacial score (nSPS) is 11.1. The van der Waals surface area contributed by atoms with E-state index in [4.69, 9.17) is 0 Å². The van der Waals surface area contributed by atoms with E-state index < -0.39 is 0 Å². The number of nitrogens with zero attached hydrogens (tertiary/aromatic N) is 5. The van der Waals surface area contributed by atoms with Crippen LogP contribution < -0.4 is 5.32 Å². The van der Waals surface area contributed by atoms with E-state index in [0.717, 1.165) is 17.0 Å². The largest absolute Gasteiger partial charge is 0.306 e. The molecule has 4 aromatic rings. The van der Waals surface area contributed by atoms with E-state index in [1.54, 1.807) is 17.1 Å². The summed E-state index contributed by atoms with van der Waals surface area (Å²) in [5.74, 6) is -0.232. The maximum absolute atomic E-state index is 12.7. The van der Waals surface area contributed by atoms with Gasteiger partial charge in [0, 0.05) is 42.8 Å². The summed E-state index contributed by atoms with van der Waals surface area (Å²) < 4.78 is 3.61. The number of aryl methyl sites for hydroxylation is 2. The zero-order valence-electron chi connectivity index (χ0n) is 13.1. The van der Waals surface area contributed by atoms with Gasteiger partial charge in [0.05, 0.1) is 17.0 Å². The third-order valence-electron chi connectivity index (χ3n) is 3.69. The van der Waals surface area contributed by atoms with Crippen molar-refractivity contribution in [2.24, 2.45) is 7.05 Å². The number of carbonyl (C=O) groups excluding carboxylic acids is 1. The second-order valence-electron chi connectivity index (χ2n) is 5.39. The van der Waals surface area contributed by atoms with Gasteiger partial charge in [-0.15, -0.1) is 11.3 Å². The number of carbonyl (C=O) groups is 1. The Morgan fingerprint density at radius 1 is 1.33 bits per heavy atom. The van der Waals surface area contributed by atoms with E-state index in [9.17, 15) is 4.79 Å². The van der Waals surface area contributed by atoms with Crippen molar-refractivity contribution in [3.8, 4) is 11.3 Å². The van der Waals surface area contributed by atoms with Crippen LogP contribution in [-0.4, -0.2) is 30.1 Å². The molecule has 1 N–H and O–H groups in total. The fourth-order valence-electron chi connectivity index (χ4n) is 2.57. The minimum atomic E-state index is -0.232. The summed E-state index contributed by atoms with van der Waals surface area (Å²) in [6, 6.07) is 3.74. The number of amides is 1. The van der Waals surface area contributed by atoms with E-state index in [1.165, 1.54) is 11.3 Å². The number of aromatic nitrogens is 5. The van der Waals surface area contributed by atoms with Crippen molar-refractivity contribution in [2.45, 2.75) is 6.92 Å². The van der Waals surface area contributed by atoms with Crippen LogP contribution in [0.25, 0.3) is 16.9 Å². The molecule has 0 atom stereocenters. The Kier molecular flexibility index (Phi) is 3.39. The molecule has 0 aliphatic heterocycles. The summed E-state index contributed by atoms with van der Waals surface area (Å²) in [6.45, 7) is 1.89. The molecule has 120 valence electrons. The molecule has 4 heterocycles. The second kappa shape index (κ2) is 5.57. The molecule has 1 amide bonds. The monoisotopic (exact) mass is 338 g/mol. The number of rotatable bonds is 3. The maximum atomic E-state index is 12.7. The first-order valence-electron chi connectivity index (χ1n) is 7.30. The quantitative estimate of drug-likeness (QED) is 0.623. The molecule has 24 heavy (non-hydrogen) atoms. The number of hydrogen-bond acceptors (Lipinski definition) is 5. The maximum Gasteiger partial charge on any atom is 0.261 e. The summed E-state index contributed by atoms with van der Waals surface area (Å²) in [5, 5.41) is 9.50. The van der Waals surface area contributed by atoms with Crippen molar-refractivity contribution >= 4 is 28.0 Å². The molecule has 0 bridgehead atoms. The Bertz CT molecular complexity index is 1040. The predicted octanol–water partition coefficient (Wildman–Crippen LogP) is 2.75. The number of fused-ring (bicyclic) bond motifs is 1. The number of imidazole rings is 1. The fraction of sp³-hybridized carbons (Fsp3) is 0.125. The van der Waals surface area contributed by atoms with Gasteiger partial charge in [0.1, 0.15) is 5.65 Å². The van der Waals surface area contributed by atoms with E-state index in [2.05, 4.69) is 20.4 Å². The fourth-order valence-corrected chi connectivity index (χ4v) is 3.26. The predicted molar refractivity (Wildman–Crippen MR) is 92.2 cm³/mol. The van der Waals surface area contributed by atoms with Crippen LogP contribution in [0.4, 0.5) is 5.13 Å². The first-order chi connectivity index (χ1) is 11.6. The van der Waals surface area contributed by atoms with Gasteiger partial charge < -0.3 is 4.40 Å². The van der Waals surface area contributed by atoms with Gasteiger partial charge in [0.25, 0.3) is 5.91 Å². The number of anilines is 1. The molecule has 0 aliphatic carbocycles. The minimum Gasteiger partial charge on any atom is -0.306 e. The van der Waals surface area contributed by atoms with Crippen LogP contribution in [0.5, 0.6) is 0 Å². The lowest BCUT2D eigenvalue weighted by molar-refractivity contribution is 0.102. The summed E-state index contributed by atoms with van der Waals surface area (Å²) in [5.41, 5.74) is 3.79. The molecule has 4 aromatic heterocycles. The highest BCUT2D eigenvalue weighted by molar-refractivity contribution is 7.13. The van der Waals surface area contributed by atoms with Crippen molar-refractivity contribution in [3.05, 3.63) is 53.6 Å². The van der Waals surface area contributed by atoms with Crippen LogP contribution in [0.1, 0.15) is 16.1 Å². The van der Waals surface area contributed by atoms with Crippen LogP contribution in [0.3, 0.4) is 0 Å². The lowest BCUT2D eigenvalue weighted by atomic mass is 10.1. The number of hydrogen-bond donors (Lipinski definition) is 1. The van der Waals surface area contributed by atoms with Gasteiger partial charge >= 0.3 is 0 Å². The summed E-state index contributed by atoms with van der Waals surface area (Å²) >= 11 is 1.40. The minimum absolute atomic E-state index is 0.232. The van der Waals surface area contributed by atoms with Gasteiger partial charge in [-0.05, 0) is 19.1 Å². The third kappa shape index (κ3) is 2.46. The Morgan fingerprint density at radius 3 is 2.92 bits per heavy atom. The van der Waals surface area contributed by atoms with Crippen molar-refractivity contribution < 1.29 is 4.79 Å². The van der Waals surface area contributed by atoms with Gasteiger partial charge in [0.15, 0.2) is 5.13 Å². The van der Waals surface area contributed by atoms with Crippen molar-refractivity contribution in [1.82, 2.24) is 24.1 Å². The molecule has 0 aliphatic rings. The second-order valence-corrected chi connectivity index (χ2v) is 6.25. The number of thiazole rings is 1. The average molecular weight is 338 g/mol. The van der Waals surface area contributed by atoms with Crippen molar-refractivity contribution in [3.63, 3.8) is 0 Å². The highest BCUT2D eigenvalue weighted by atomic mass is 32.1. The Hall–Kier alpha value is -3.00. The van der Waals surface area contributed by atoms with Gasteiger partial charge in [0.2, 0.25) is 0 Å². The molecule has 0 saturated heterocycles. The highest BCUT2D eigenvalue weighted by Crippen LogP contribution is 2.23. The van der Waals surface area contributed by atoms with Crippen LogP contribution in [0.15, 0.2) is 42.3 Å². The third-order valence-corrected chi connectivity index (χ3v) is 4.56. The molecular formula is C16H14N6OS. The molecule has 0 radical (unpaired) electrons. The molecular weight excluding hydrogens is 324 g/mol. The molecule has 8 heteroatoms. The molecule has 0 saturated carbocycles. The lowest BCUT2D eigenvalue weighted by Gasteiger charge is -2.08. The SMILES string of the molecule is Cc1csc(NC(=O)c2cc(-c3ccnn3C)cn3ccnc23)n1. The molecule has 0 aromatic carbocycles. The van der Waals surface area contributed by atoms with Gasteiger partial charge in [-0.1, -0.05) is 0 Å². The number of nitrogens with one attached hydrogen (secondary N) is 1. The van der Waals surface area contributed by atoms with Crippen molar-refractivity contribution in [1.29, 1.82) is 0 Å². The van der Waals surface area contributed by atoms with Crippen LogP contribution in [0.2, 0.25) is 0 Å². The van der Waals surface area contributed by atoms with Gasteiger partial charge in [-0.2, -0.15) is 5.10 Å². The van der Waals surface area contributed by atoms with Crippen molar-refractivity contribution in [2.75, 3.05) is 5.32 Å². The Labute approximate surface area is 141 Å². The zero-order valence-corrected chi connectivity index (χ0v) is 13.9. The molecule has 7 nitrogen and oxygen atoms in total. The highest BCUT2D eigenvalue weighted by Gasteiger charge is 2.16. The number of pyridine rings is 1. The standard InChI is InChI=1S/C16H14N6OS/c1-10-9-24-16(19-10)20-15(23)12-7-11(13-3-4-18-21(13)2)8-22-6-5-17-14(12)22/h3-9H,1-2H3,(H,19,20,23). The molecule has 0 unspecified atom stereocenters. The summed E-state index contributed by atoms with van der Waals surface area (Å²) in [4.78, 5) is 21.3. The first-order valence-corrected chi connectivity index (χ1v) is 8.18. The lowest BCUT2D eigenvalue weighted by Crippen LogP contribution is -2.14. The Balaban J connectivity index is 1.80. The van der Waals surface area contributed by atoms with Gasteiger partial charge in [-0.3, -0.25) is 14.8 Å². The summed E-state index contributed by atoms with van der Waals surface area (Å²) in [6.07, 6.45) is 7.15. The topological polar surface area (TPSA) is 77.1 Å². The average Bonchev–Trinajstić information content (AvgIpc) is 3.27. The smallest absolute Gasteiger partial charge is 0.261 e. The summed E-state index contributed by atoms with van der Waals surface area (Å²) in [7, 11) is 1.87. The van der Waals surface area contributed by atoms with E-state index >= 15 is 0 Å². The molecule has 0 fully saturated rings. The van der Waals surface area contributed by atoms with Crippen LogP contribution in [-0.2, 0) is 7.05 Å². The Morgan fingerprint density at radius 2 is 2.21 bits per heavy atom. The molecule has 4 rings (SSSR count). The van der Waals surface area contributed by atoms with Crippen LogP contribution in [0, 0.1) is 6.92 Å². The zero-order chi connectivity index (χ0) is 16.7. The first kappa shape index (κ1) is 14.6. The van der Waals surface area contributed by atoms with E-state index in [0.29, 0.717) is 16.3 Å². The van der Waals surface area contributed by atoms with E-state index in [1.807, 2.05) is 48.3 Å². The van der Waals surface area contributed by atoms with Gasteiger partial charge in [-0.25, -0.2) is 9.97 Å². The molecule has 0 spiro atoms. The van der Waals surface area contributed by atoms with Crippen LogP contribution >= 0.6 is 11.3 Å².